The Bertz CT molecular complexity index is 586. The van der Waals surface area contributed by atoms with Gasteiger partial charge in [-0.3, -0.25) is 0 Å². The third-order valence-corrected chi connectivity index (χ3v) is 5.73. The van der Waals surface area contributed by atoms with E-state index in [1.807, 2.05) is 6.07 Å². The van der Waals surface area contributed by atoms with Crippen LogP contribution in [0.15, 0.2) is 23.1 Å². The standard InChI is InChI=1S/C13H18N2O3S/c1-18-11-5-7-15(9-11)19(16,17)12-2-3-13-10(8-12)4-6-14-13/h2-3,8,11,14H,4-7,9H2,1H3. The van der Waals surface area contributed by atoms with E-state index in [1.165, 1.54) is 4.31 Å². The zero-order valence-corrected chi connectivity index (χ0v) is 11.7. The van der Waals surface area contributed by atoms with Gasteiger partial charge in [-0.25, -0.2) is 8.42 Å². The van der Waals surface area contributed by atoms with Gasteiger partial charge in [-0.2, -0.15) is 4.31 Å². The van der Waals surface area contributed by atoms with Crippen molar-refractivity contribution in [1.29, 1.82) is 0 Å². The quantitative estimate of drug-likeness (QED) is 0.901. The molecule has 1 aromatic rings. The second kappa shape index (κ2) is 4.77. The number of anilines is 1. The van der Waals surface area contributed by atoms with Crippen LogP contribution in [0.3, 0.4) is 0 Å². The van der Waals surface area contributed by atoms with Crippen LogP contribution in [0.4, 0.5) is 5.69 Å². The van der Waals surface area contributed by atoms with E-state index in [-0.39, 0.29) is 6.10 Å². The third kappa shape index (κ3) is 2.24. The summed E-state index contributed by atoms with van der Waals surface area (Å²) in [6.07, 6.45) is 1.67. The number of benzene rings is 1. The highest BCUT2D eigenvalue weighted by atomic mass is 32.2. The van der Waals surface area contributed by atoms with Crippen LogP contribution in [0.5, 0.6) is 0 Å². The first kappa shape index (κ1) is 12.9. The van der Waals surface area contributed by atoms with Crippen molar-refractivity contribution >= 4 is 15.7 Å². The number of ether oxygens (including phenoxy) is 1. The summed E-state index contributed by atoms with van der Waals surface area (Å²) < 4.78 is 31.8. The molecule has 1 atom stereocenters. The summed E-state index contributed by atoms with van der Waals surface area (Å²) >= 11 is 0. The van der Waals surface area contributed by atoms with Crippen LogP contribution >= 0.6 is 0 Å². The van der Waals surface area contributed by atoms with Gasteiger partial charge in [0.05, 0.1) is 11.0 Å². The molecule has 19 heavy (non-hydrogen) atoms. The van der Waals surface area contributed by atoms with Crippen LogP contribution in [0, 0.1) is 0 Å². The second-order valence-corrected chi connectivity index (χ2v) is 6.94. The molecule has 2 heterocycles. The number of nitrogens with zero attached hydrogens (tertiary/aromatic N) is 1. The van der Waals surface area contributed by atoms with Gasteiger partial charge in [0.15, 0.2) is 0 Å². The largest absolute Gasteiger partial charge is 0.384 e. The summed E-state index contributed by atoms with van der Waals surface area (Å²) in [7, 11) is -1.75. The topological polar surface area (TPSA) is 58.6 Å². The van der Waals surface area contributed by atoms with Gasteiger partial charge in [-0.1, -0.05) is 0 Å². The molecule has 0 saturated carbocycles. The minimum atomic E-state index is -3.38. The SMILES string of the molecule is COC1CCN(S(=O)(=O)c2ccc3c(c2)CCN3)C1. The van der Waals surface area contributed by atoms with E-state index < -0.39 is 10.0 Å². The first-order valence-electron chi connectivity index (χ1n) is 6.51. The molecular formula is C13H18N2O3S. The normalized spacial score (nSPS) is 23.3. The molecular weight excluding hydrogens is 264 g/mol. The summed E-state index contributed by atoms with van der Waals surface area (Å²) in [6.45, 7) is 1.87. The number of hydrogen-bond acceptors (Lipinski definition) is 4. The highest BCUT2D eigenvalue weighted by Crippen LogP contribution is 2.28. The first-order valence-corrected chi connectivity index (χ1v) is 7.95. The maximum Gasteiger partial charge on any atom is 0.243 e. The Morgan fingerprint density at radius 3 is 3.00 bits per heavy atom. The van der Waals surface area contributed by atoms with E-state index in [4.69, 9.17) is 4.74 Å². The lowest BCUT2D eigenvalue weighted by molar-refractivity contribution is 0.115. The van der Waals surface area contributed by atoms with Gasteiger partial charge in [0, 0.05) is 32.4 Å². The lowest BCUT2D eigenvalue weighted by atomic mass is 10.2. The molecule has 0 radical (unpaired) electrons. The summed E-state index contributed by atoms with van der Waals surface area (Å²) in [5, 5.41) is 3.24. The molecule has 0 amide bonds. The molecule has 5 nitrogen and oxygen atoms in total. The van der Waals surface area contributed by atoms with E-state index in [0.717, 1.165) is 30.6 Å². The lowest BCUT2D eigenvalue weighted by Gasteiger charge is -2.16. The van der Waals surface area contributed by atoms with Crippen molar-refractivity contribution in [2.75, 3.05) is 32.1 Å². The van der Waals surface area contributed by atoms with E-state index in [1.54, 1.807) is 19.2 Å². The molecule has 1 aromatic carbocycles. The Hall–Kier alpha value is -1.11. The van der Waals surface area contributed by atoms with Gasteiger partial charge in [0.25, 0.3) is 0 Å². The van der Waals surface area contributed by atoms with Crippen LogP contribution in [0.2, 0.25) is 0 Å². The molecule has 1 N–H and O–H groups in total. The highest BCUT2D eigenvalue weighted by Gasteiger charge is 2.33. The van der Waals surface area contributed by atoms with Crippen molar-refractivity contribution in [2.24, 2.45) is 0 Å². The van der Waals surface area contributed by atoms with E-state index in [2.05, 4.69) is 5.32 Å². The predicted octanol–water partition coefficient (Wildman–Crippen LogP) is 1.06. The average molecular weight is 282 g/mol. The van der Waals surface area contributed by atoms with Crippen LogP contribution in [0.25, 0.3) is 0 Å². The molecule has 0 spiro atoms. The Balaban J connectivity index is 1.88. The number of methoxy groups -OCH3 is 1. The zero-order chi connectivity index (χ0) is 13.5. The van der Waals surface area contributed by atoms with Crippen molar-refractivity contribution in [3.63, 3.8) is 0 Å². The number of rotatable bonds is 3. The predicted molar refractivity (Wildman–Crippen MR) is 72.8 cm³/mol. The summed E-state index contributed by atoms with van der Waals surface area (Å²) in [5.41, 5.74) is 2.14. The zero-order valence-electron chi connectivity index (χ0n) is 10.9. The number of nitrogens with one attached hydrogen (secondary N) is 1. The highest BCUT2D eigenvalue weighted by molar-refractivity contribution is 7.89. The van der Waals surface area contributed by atoms with Gasteiger partial charge in [-0.05, 0) is 36.6 Å². The van der Waals surface area contributed by atoms with Crippen molar-refractivity contribution < 1.29 is 13.2 Å². The minimum absolute atomic E-state index is 0.0193. The second-order valence-electron chi connectivity index (χ2n) is 5.01. The molecule has 1 saturated heterocycles. The van der Waals surface area contributed by atoms with Crippen LogP contribution in [0.1, 0.15) is 12.0 Å². The van der Waals surface area contributed by atoms with Gasteiger partial charge in [-0.15, -0.1) is 0 Å². The molecule has 0 aromatic heterocycles. The van der Waals surface area contributed by atoms with E-state index >= 15 is 0 Å². The van der Waals surface area contributed by atoms with Crippen molar-refractivity contribution in [2.45, 2.75) is 23.8 Å². The van der Waals surface area contributed by atoms with Gasteiger partial charge < -0.3 is 10.1 Å². The lowest BCUT2D eigenvalue weighted by Crippen LogP contribution is -2.30. The summed E-state index contributed by atoms with van der Waals surface area (Å²) in [5.74, 6) is 0. The molecule has 6 heteroatoms. The van der Waals surface area contributed by atoms with Gasteiger partial charge in [0.2, 0.25) is 10.0 Å². The monoisotopic (exact) mass is 282 g/mol. The van der Waals surface area contributed by atoms with Crippen LogP contribution in [-0.4, -0.2) is 45.6 Å². The van der Waals surface area contributed by atoms with Crippen molar-refractivity contribution in [3.8, 4) is 0 Å². The van der Waals surface area contributed by atoms with Gasteiger partial charge in [0.1, 0.15) is 0 Å². The fraction of sp³-hybridized carbons (Fsp3) is 0.538. The number of sulfonamides is 1. The number of hydrogen-bond donors (Lipinski definition) is 1. The Labute approximate surface area is 113 Å². The maximum absolute atomic E-state index is 12.5. The fourth-order valence-corrected chi connectivity index (χ4v) is 4.24. The Kier molecular flexibility index (Phi) is 3.24. The Morgan fingerprint density at radius 1 is 1.42 bits per heavy atom. The first-order chi connectivity index (χ1) is 9.11. The van der Waals surface area contributed by atoms with Crippen molar-refractivity contribution in [1.82, 2.24) is 4.31 Å². The summed E-state index contributed by atoms with van der Waals surface area (Å²) in [6, 6.07) is 5.34. The third-order valence-electron chi connectivity index (χ3n) is 3.87. The minimum Gasteiger partial charge on any atom is -0.384 e. The average Bonchev–Trinajstić information content (AvgIpc) is 3.06. The molecule has 104 valence electrons. The molecule has 0 aliphatic carbocycles. The number of fused-ring (bicyclic) bond motifs is 1. The van der Waals surface area contributed by atoms with Gasteiger partial charge >= 0.3 is 0 Å². The molecule has 1 unspecified atom stereocenters. The molecule has 3 rings (SSSR count). The van der Waals surface area contributed by atoms with Crippen LogP contribution in [-0.2, 0) is 21.2 Å². The van der Waals surface area contributed by atoms with Crippen LogP contribution < -0.4 is 5.32 Å². The maximum atomic E-state index is 12.5. The van der Waals surface area contributed by atoms with E-state index in [9.17, 15) is 8.42 Å². The smallest absolute Gasteiger partial charge is 0.243 e. The molecule has 2 aliphatic heterocycles. The van der Waals surface area contributed by atoms with E-state index in [0.29, 0.717) is 18.0 Å². The van der Waals surface area contributed by atoms with Crippen molar-refractivity contribution in [3.05, 3.63) is 23.8 Å². The molecule has 2 aliphatic rings. The molecule has 1 fully saturated rings. The molecule has 0 bridgehead atoms. The fourth-order valence-electron chi connectivity index (χ4n) is 2.70. The summed E-state index contributed by atoms with van der Waals surface area (Å²) in [4.78, 5) is 0.395. The Morgan fingerprint density at radius 2 is 2.26 bits per heavy atom.